The van der Waals surface area contributed by atoms with Gasteiger partial charge in [0.15, 0.2) is 0 Å². The van der Waals surface area contributed by atoms with Crippen LogP contribution in [0.1, 0.15) is 0 Å². The van der Waals surface area contributed by atoms with Crippen LogP contribution in [0.4, 0.5) is 0 Å². The first-order valence-corrected chi connectivity index (χ1v) is 20.1. The first-order valence-electron chi connectivity index (χ1n) is 20.1. The van der Waals surface area contributed by atoms with Crippen molar-refractivity contribution in [1.29, 1.82) is 0 Å². The smallest absolute Gasteiger partial charge is 0.00143 e. The maximum atomic E-state index is 2.44. The quantitative estimate of drug-likeness (QED) is 0.153. The van der Waals surface area contributed by atoms with Gasteiger partial charge in [-0.25, -0.2) is 0 Å². The number of rotatable bonds is 7. The molecule has 0 aromatic heterocycles. The summed E-state index contributed by atoms with van der Waals surface area (Å²) in [5.41, 5.74) is 22.2. The third-order valence-corrected chi connectivity index (χ3v) is 11.8. The van der Waals surface area contributed by atoms with E-state index in [9.17, 15) is 0 Å². The van der Waals surface area contributed by atoms with E-state index in [2.05, 4.69) is 231 Å². The van der Waals surface area contributed by atoms with Gasteiger partial charge in [-0.3, -0.25) is 0 Å². The maximum Gasteiger partial charge on any atom is -0.00143 e. The molecule has 0 radical (unpaired) electrons. The number of hydrogen-bond donors (Lipinski definition) is 0. The Labute approximate surface area is 340 Å². The lowest BCUT2D eigenvalue weighted by Crippen LogP contribution is -1.98. The lowest BCUT2D eigenvalue weighted by Gasteiger charge is -2.24. The van der Waals surface area contributed by atoms with Gasteiger partial charge in [0, 0.05) is 0 Å². The van der Waals surface area contributed by atoms with Gasteiger partial charge in [0.25, 0.3) is 0 Å². The van der Waals surface area contributed by atoms with Crippen molar-refractivity contribution >= 4 is 10.8 Å². The first-order chi connectivity index (χ1) is 28.8. The zero-order valence-corrected chi connectivity index (χ0v) is 31.9. The van der Waals surface area contributed by atoms with E-state index in [4.69, 9.17) is 0 Å². The largest absolute Gasteiger partial charge is 0.0622 e. The van der Waals surface area contributed by atoms with Gasteiger partial charge in [-0.05, 0) is 129 Å². The molecule has 10 aromatic rings. The molecule has 0 spiro atoms. The Hall–Kier alpha value is -7.54. The van der Waals surface area contributed by atoms with E-state index >= 15 is 0 Å². The summed E-state index contributed by atoms with van der Waals surface area (Å²) in [6.07, 6.45) is 0. The summed E-state index contributed by atoms with van der Waals surface area (Å²) in [6, 6.07) is 84.5. The summed E-state index contributed by atoms with van der Waals surface area (Å²) >= 11 is 0. The van der Waals surface area contributed by atoms with Gasteiger partial charge in [0.2, 0.25) is 0 Å². The van der Waals surface area contributed by atoms with Gasteiger partial charge in [-0.1, -0.05) is 212 Å². The Morgan fingerprint density at radius 1 is 0.172 bits per heavy atom. The molecule has 58 heavy (non-hydrogen) atoms. The predicted octanol–water partition coefficient (Wildman–Crippen LogP) is 16.2. The molecule has 0 N–H and O–H groups in total. The number of hydrogen-bond acceptors (Lipinski definition) is 0. The van der Waals surface area contributed by atoms with E-state index in [1.165, 1.54) is 111 Å². The van der Waals surface area contributed by atoms with Crippen molar-refractivity contribution in [2.24, 2.45) is 0 Å². The van der Waals surface area contributed by atoms with E-state index in [0.717, 1.165) is 0 Å². The molecule has 0 atom stereocenters. The Kier molecular flexibility index (Phi) is 8.26. The SMILES string of the molecule is c1ccc(-c2ccc3c(c2)-c2cccc4c(-c5cccc(-c6cc(-c7ccccc7)c(-c7ccccc7)c(-c7ccccc7)c6-c6ccccc6)c5)ccc-3c24)cc1. The van der Waals surface area contributed by atoms with Crippen molar-refractivity contribution in [3.05, 3.63) is 231 Å². The van der Waals surface area contributed by atoms with E-state index in [1.54, 1.807) is 0 Å². The highest BCUT2D eigenvalue weighted by molar-refractivity contribution is 6.19. The minimum atomic E-state index is 1.18. The van der Waals surface area contributed by atoms with Crippen molar-refractivity contribution in [2.75, 3.05) is 0 Å². The molecule has 0 heterocycles. The van der Waals surface area contributed by atoms with Gasteiger partial charge in [0.05, 0.1) is 0 Å². The highest BCUT2D eigenvalue weighted by Gasteiger charge is 2.26. The summed E-state index contributed by atoms with van der Waals surface area (Å²) in [6.45, 7) is 0. The third-order valence-electron chi connectivity index (χ3n) is 11.8. The zero-order valence-electron chi connectivity index (χ0n) is 31.9. The van der Waals surface area contributed by atoms with Crippen LogP contribution >= 0.6 is 0 Å². The molecule has 0 heteroatoms. The summed E-state index contributed by atoms with van der Waals surface area (Å²) in [4.78, 5) is 0. The van der Waals surface area contributed by atoms with Crippen LogP contribution in [-0.4, -0.2) is 0 Å². The molecule has 0 bridgehead atoms. The Morgan fingerprint density at radius 3 is 1.21 bits per heavy atom. The second-order valence-electron chi connectivity index (χ2n) is 15.2. The molecule has 1 aliphatic carbocycles. The molecule has 0 amide bonds. The highest BCUT2D eigenvalue weighted by Crippen LogP contribution is 2.52. The molecular weight excluding hydrogens is 697 g/mol. The van der Waals surface area contributed by atoms with Crippen LogP contribution in [0, 0.1) is 0 Å². The van der Waals surface area contributed by atoms with Crippen LogP contribution in [-0.2, 0) is 0 Å². The summed E-state index contributed by atoms with van der Waals surface area (Å²) in [7, 11) is 0. The molecule has 0 saturated carbocycles. The molecule has 0 saturated heterocycles. The van der Waals surface area contributed by atoms with Crippen LogP contribution in [0.15, 0.2) is 231 Å². The van der Waals surface area contributed by atoms with Gasteiger partial charge in [0.1, 0.15) is 0 Å². The fourth-order valence-corrected chi connectivity index (χ4v) is 9.23. The summed E-state index contributed by atoms with van der Waals surface area (Å²) in [5.74, 6) is 0. The second-order valence-corrected chi connectivity index (χ2v) is 15.2. The lowest BCUT2D eigenvalue weighted by atomic mass is 9.78. The molecule has 0 aliphatic heterocycles. The highest BCUT2D eigenvalue weighted by atomic mass is 14.3. The van der Waals surface area contributed by atoms with E-state index < -0.39 is 0 Å². The molecule has 0 fully saturated rings. The van der Waals surface area contributed by atoms with Crippen LogP contribution in [0.3, 0.4) is 0 Å². The average molecular weight is 735 g/mol. The van der Waals surface area contributed by atoms with Crippen molar-refractivity contribution in [2.45, 2.75) is 0 Å². The summed E-state index contributed by atoms with van der Waals surface area (Å²) in [5, 5.41) is 2.61. The fraction of sp³-hybridized carbons (Fsp3) is 0. The van der Waals surface area contributed by atoms with Crippen molar-refractivity contribution < 1.29 is 0 Å². The first kappa shape index (κ1) is 33.8. The molecule has 10 aromatic carbocycles. The predicted molar refractivity (Wildman–Crippen MR) is 246 cm³/mol. The lowest BCUT2D eigenvalue weighted by molar-refractivity contribution is 1.52. The van der Waals surface area contributed by atoms with Gasteiger partial charge >= 0.3 is 0 Å². The summed E-state index contributed by atoms with van der Waals surface area (Å²) < 4.78 is 0. The molecular formula is C58H38. The van der Waals surface area contributed by atoms with E-state index in [-0.39, 0.29) is 0 Å². The molecule has 0 nitrogen and oxygen atoms in total. The Balaban J connectivity index is 1.15. The Morgan fingerprint density at radius 2 is 0.603 bits per heavy atom. The third kappa shape index (κ3) is 5.69. The molecule has 1 aliphatic rings. The van der Waals surface area contributed by atoms with Crippen LogP contribution in [0.2, 0.25) is 0 Å². The van der Waals surface area contributed by atoms with E-state index in [1.807, 2.05) is 0 Å². The fourth-order valence-electron chi connectivity index (χ4n) is 9.23. The number of fused-ring (bicyclic) bond motifs is 3. The molecule has 0 unspecified atom stereocenters. The van der Waals surface area contributed by atoms with Gasteiger partial charge in [-0.2, -0.15) is 0 Å². The average Bonchev–Trinajstić information content (AvgIpc) is 3.64. The number of benzene rings is 10. The molecule has 11 rings (SSSR count). The normalized spacial score (nSPS) is 11.4. The minimum absolute atomic E-state index is 1.18. The standard InChI is InChI=1S/C58H38/c1-6-18-39(19-7-1)44-32-33-48-51-35-34-47(49-30-17-31-50(58(49)51)54(48)37-44)45-28-16-29-46(36-45)53-38-52(40-20-8-2-9-21-40)55(41-22-10-3-11-23-41)57(43-26-14-5-15-27-43)56(53)42-24-12-4-13-25-42/h1-38H. The topological polar surface area (TPSA) is 0 Å². The van der Waals surface area contributed by atoms with Gasteiger partial charge < -0.3 is 0 Å². The van der Waals surface area contributed by atoms with Crippen molar-refractivity contribution in [3.63, 3.8) is 0 Å². The monoisotopic (exact) mass is 734 g/mol. The van der Waals surface area contributed by atoms with Crippen molar-refractivity contribution in [3.8, 4) is 100 Å². The van der Waals surface area contributed by atoms with Crippen LogP contribution in [0.25, 0.3) is 111 Å². The molecule has 270 valence electrons. The zero-order chi connectivity index (χ0) is 38.4. The second kappa shape index (κ2) is 14.2. The maximum absolute atomic E-state index is 2.44. The van der Waals surface area contributed by atoms with Crippen LogP contribution in [0.5, 0.6) is 0 Å². The van der Waals surface area contributed by atoms with Crippen molar-refractivity contribution in [1.82, 2.24) is 0 Å². The Bertz CT molecular complexity index is 3110. The minimum Gasteiger partial charge on any atom is -0.0622 e. The van der Waals surface area contributed by atoms with E-state index in [0.29, 0.717) is 0 Å². The van der Waals surface area contributed by atoms with Crippen LogP contribution < -0.4 is 0 Å². The van der Waals surface area contributed by atoms with Gasteiger partial charge in [-0.15, -0.1) is 0 Å².